The molecule has 1 aliphatic carbocycles. The number of fused-ring (bicyclic) bond motifs is 1. The van der Waals surface area contributed by atoms with Crippen molar-refractivity contribution in [3.63, 3.8) is 0 Å². The van der Waals surface area contributed by atoms with Gasteiger partial charge in [0.05, 0.1) is 29.0 Å². The number of carboxylic acid groups (broad SMARTS) is 1. The lowest BCUT2D eigenvalue weighted by Crippen LogP contribution is -2.36. The first-order valence-corrected chi connectivity index (χ1v) is 10.9. The molecule has 178 valence electrons. The number of aromatic nitrogens is 2. The van der Waals surface area contributed by atoms with Gasteiger partial charge in [0.25, 0.3) is 0 Å². The van der Waals surface area contributed by atoms with Crippen molar-refractivity contribution in [2.24, 2.45) is 11.8 Å². The Bertz CT molecular complexity index is 1200. The first-order valence-electron chi connectivity index (χ1n) is 10.9. The molecule has 0 bridgehead atoms. The fourth-order valence-corrected chi connectivity index (χ4v) is 4.66. The van der Waals surface area contributed by atoms with Gasteiger partial charge in [0.1, 0.15) is 5.75 Å². The van der Waals surface area contributed by atoms with Gasteiger partial charge in [-0.2, -0.15) is 5.26 Å². The van der Waals surface area contributed by atoms with Crippen molar-refractivity contribution in [1.29, 1.82) is 5.26 Å². The number of nitrogens with zero attached hydrogens (tertiary/aromatic N) is 4. The van der Waals surface area contributed by atoms with Crippen LogP contribution < -0.4 is 9.64 Å². The van der Waals surface area contributed by atoms with Crippen LogP contribution in [0.15, 0.2) is 48.8 Å². The van der Waals surface area contributed by atoms with E-state index in [2.05, 4.69) is 15.8 Å². The zero-order valence-corrected chi connectivity index (χ0v) is 18.2. The zero-order valence-electron chi connectivity index (χ0n) is 18.2. The Kier molecular flexibility index (Phi) is 6.63. The van der Waals surface area contributed by atoms with Gasteiger partial charge in [0.15, 0.2) is 0 Å². The van der Waals surface area contributed by atoms with Gasteiger partial charge in [-0.15, -0.1) is 13.2 Å². The van der Waals surface area contributed by atoms with E-state index in [1.807, 2.05) is 16.7 Å². The third kappa shape index (κ3) is 5.60. The third-order valence-corrected chi connectivity index (χ3v) is 6.15. The second-order valence-corrected chi connectivity index (χ2v) is 8.55. The van der Waals surface area contributed by atoms with Crippen LogP contribution in [-0.4, -0.2) is 33.7 Å². The van der Waals surface area contributed by atoms with Crippen molar-refractivity contribution >= 4 is 22.8 Å². The average Bonchev–Trinajstić information content (AvgIpc) is 3.19. The number of amides is 1. The van der Waals surface area contributed by atoms with Crippen molar-refractivity contribution in [2.75, 3.05) is 11.4 Å². The SMILES string of the molecule is N#Cc1ccc2ncn(CC3CCCC(CN(C(=O)O)c4ccc(OC(F)(F)F)cc4)C3)c2c1. The fraction of sp³-hybridized carbons (Fsp3) is 0.375. The summed E-state index contributed by atoms with van der Waals surface area (Å²) >= 11 is 0. The number of rotatable bonds is 6. The van der Waals surface area contributed by atoms with Gasteiger partial charge >= 0.3 is 12.5 Å². The lowest BCUT2D eigenvalue weighted by molar-refractivity contribution is -0.274. The van der Waals surface area contributed by atoms with E-state index in [0.29, 0.717) is 17.2 Å². The first kappa shape index (κ1) is 23.4. The topological polar surface area (TPSA) is 91.4 Å². The quantitative estimate of drug-likeness (QED) is 0.490. The molecule has 1 fully saturated rings. The molecule has 1 aromatic heterocycles. The van der Waals surface area contributed by atoms with E-state index >= 15 is 0 Å². The molecule has 1 aliphatic rings. The number of ether oxygens (including phenoxy) is 1. The Hall–Kier alpha value is -3.74. The van der Waals surface area contributed by atoms with Gasteiger partial charge < -0.3 is 14.4 Å². The van der Waals surface area contributed by atoms with Crippen molar-refractivity contribution in [1.82, 2.24) is 9.55 Å². The van der Waals surface area contributed by atoms with Crippen LogP contribution in [0.1, 0.15) is 31.2 Å². The summed E-state index contributed by atoms with van der Waals surface area (Å²) in [4.78, 5) is 17.5. The Balaban J connectivity index is 1.43. The van der Waals surface area contributed by atoms with Crippen LogP contribution in [0.25, 0.3) is 11.0 Å². The maximum atomic E-state index is 12.4. The van der Waals surface area contributed by atoms with E-state index in [1.165, 1.54) is 17.0 Å². The summed E-state index contributed by atoms with van der Waals surface area (Å²) in [5, 5.41) is 18.9. The largest absolute Gasteiger partial charge is 0.573 e. The average molecular weight is 472 g/mol. The maximum absolute atomic E-state index is 12.4. The number of imidazole rings is 1. The van der Waals surface area contributed by atoms with E-state index in [9.17, 15) is 28.3 Å². The number of carbonyl (C=O) groups is 1. The lowest BCUT2D eigenvalue weighted by atomic mass is 9.81. The van der Waals surface area contributed by atoms with E-state index in [-0.39, 0.29) is 12.5 Å². The van der Waals surface area contributed by atoms with Crippen molar-refractivity contribution in [2.45, 2.75) is 38.6 Å². The number of alkyl halides is 3. The second kappa shape index (κ2) is 9.63. The lowest BCUT2D eigenvalue weighted by Gasteiger charge is -2.32. The van der Waals surface area contributed by atoms with Gasteiger partial charge in [0.2, 0.25) is 0 Å². The normalized spacial score (nSPS) is 18.4. The van der Waals surface area contributed by atoms with E-state index in [0.717, 1.165) is 55.4 Å². The number of anilines is 1. The Morgan fingerprint density at radius 1 is 1.21 bits per heavy atom. The highest BCUT2D eigenvalue weighted by Crippen LogP contribution is 2.33. The molecule has 1 saturated carbocycles. The van der Waals surface area contributed by atoms with E-state index in [4.69, 9.17) is 0 Å². The molecule has 7 nitrogen and oxygen atoms in total. The van der Waals surface area contributed by atoms with Gasteiger partial charge in [-0.3, -0.25) is 4.90 Å². The number of benzene rings is 2. The van der Waals surface area contributed by atoms with E-state index in [1.54, 1.807) is 12.4 Å². The molecule has 0 saturated heterocycles. The molecule has 0 spiro atoms. The standard InChI is InChI=1S/C24H23F3N4O3/c25-24(26,27)34-20-7-5-19(6-8-20)31(23(32)33)14-18-3-1-2-17(10-18)13-30-15-29-21-9-4-16(12-28)11-22(21)30/h4-9,11,15,17-18H,1-3,10,13-14H2,(H,32,33). The van der Waals surface area contributed by atoms with Crippen LogP contribution >= 0.6 is 0 Å². The highest BCUT2D eigenvalue weighted by molar-refractivity contribution is 5.86. The van der Waals surface area contributed by atoms with Crippen LogP contribution in [0.3, 0.4) is 0 Å². The van der Waals surface area contributed by atoms with Crippen molar-refractivity contribution in [3.05, 3.63) is 54.4 Å². The Labute approximate surface area is 194 Å². The van der Waals surface area contributed by atoms with Crippen LogP contribution in [0.2, 0.25) is 0 Å². The molecule has 34 heavy (non-hydrogen) atoms. The molecule has 1 N–H and O–H groups in total. The summed E-state index contributed by atoms with van der Waals surface area (Å²) < 4.78 is 43.1. The molecule has 2 aromatic carbocycles. The molecule has 4 rings (SSSR count). The van der Waals surface area contributed by atoms with Gasteiger partial charge in [0, 0.05) is 18.8 Å². The van der Waals surface area contributed by atoms with Gasteiger partial charge in [-0.05, 0) is 73.6 Å². The monoisotopic (exact) mass is 472 g/mol. The van der Waals surface area contributed by atoms with Crippen molar-refractivity contribution in [3.8, 4) is 11.8 Å². The number of halogens is 3. The minimum absolute atomic E-state index is 0.116. The summed E-state index contributed by atoms with van der Waals surface area (Å²) in [7, 11) is 0. The number of hydrogen-bond donors (Lipinski definition) is 1. The first-order chi connectivity index (χ1) is 16.2. The number of hydrogen-bond acceptors (Lipinski definition) is 4. The summed E-state index contributed by atoms with van der Waals surface area (Å²) in [6, 6.07) is 12.4. The molecule has 1 amide bonds. The van der Waals surface area contributed by atoms with Crippen LogP contribution in [0.4, 0.5) is 23.7 Å². The molecule has 1 heterocycles. The van der Waals surface area contributed by atoms with Gasteiger partial charge in [-0.1, -0.05) is 6.42 Å². The Morgan fingerprint density at radius 3 is 2.62 bits per heavy atom. The smallest absolute Gasteiger partial charge is 0.465 e. The van der Waals surface area contributed by atoms with Crippen LogP contribution in [0.5, 0.6) is 5.75 Å². The highest BCUT2D eigenvalue weighted by Gasteiger charge is 2.31. The molecule has 10 heteroatoms. The van der Waals surface area contributed by atoms with E-state index < -0.39 is 18.2 Å². The van der Waals surface area contributed by atoms with Gasteiger partial charge in [-0.25, -0.2) is 9.78 Å². The fourth-order valence-electron chi connectivity index (χ4n) is 4.66. The predicted molar refractivity (Wildman–Crippen MR) is 118 cm³/mol. The molecule has 0 radical (unpaired) electrons. The summed E-state index contributed by atoms with van der Waals surface area (Å²) in [5.41, 5.74) is 2.59. The summed E-state index contributed by atoms with van der Waals surface area (Å²) in [6.07, 6.45) is -0.542. The number of nitriles is 1. The molecular weight excluding hydrogens is 449 g/mol. The predicted octanol–water partition coefficient (Wildman–Crippen LogP) is 5.80. The molecular formula is C24H23F3N4O3. The molecule has 2 atom stereocenters. The second-order valence-electron chi connectivity index (χ2n) is 8.55. The summed E-state index contributed by atoms with van der Waals surface area (Å²) in [6.45, 7) is 0.979. The van der Waals surface area contributed by atoms with Crippen LogP contribution in [0, 0.1) is 23.2 Å². The maximum Gasteiger partial charge on any atom is 0.573 e. The molecule has 0 aliphatic heterocycles. The van der Waals surface area contributed by atoms with Crippen LogP contribution in [-0.2, 0) is 6.54 Å². The van der Waals surface area contributed by atoms with Crippen molar-refractivity contribution < 1.29 is 27.8 Å². The minimum atomic E-state index is -4.80. The highest BCUT2D eigenvalue weighted by atomic mass is 19.4. The Morgan fingerprint density at radius 2 is 1.94 bits per heavy atom. The summed E-state index contributed by atoms with van der Waals surface area (Å²) in [5.74, 6) is 0.0388. The molecule has 2 unspecified atom stereocenters. The minimum Gasteiger partial charge on any atom is -0.465 e. The zero-order chi connectivity index (χ0) is 24.3. The third-order valence-electron chi connectivity index (χ3n) is 6.15. The molecule has 3 aromatic rings.